The Morgan fingerprint density at radius 2 is 1.55 bits per heavy atom. The lowest BCUT2D eigenvalue weighted by molar-refractivity contribution is -0.140. The number of piperazine rings is 1. The van der Waals surface area contributed by atoms with Crippen molar-refractivity contribution in [3.8, 4) is 0 Å². The van der Waals surface area contributed by atoms with Crippen LogP contribution in [0.2, 0.25) is 0 Å². The summed E-state index contributed by atoms with van der Waals surface area (Å²) in [5, 5.41) is 6.02. The van der Waals surface area contributed by atoms with Crippen LogP contribution in [0, 0.1) is 11.8 Å². The van der Waals surface area contributed by atoms with Crippen molar-refractivity contribution in [3.63, 3.8) is 0 Å². The lowest BCUT2D eigenvalue weighted by atomic mass is 9.88. The van der Waals surface area contributed by atoms with Gasteiger partial charge in [0.05, 0.1) is 6.54 Å². The predicted molar refractivity (Wildman–Crippen MR) is 114 cm³/mol. The highest BCUT2D eigenvalue weighted by Crippen LogP contribution is 2.24. The second-order valence-corrected chi connectivity index (χ2v) is 9.96. The summed E-state index contributed by atoms with van der Waals surface area (Å²) in [6, 6.07) is -0.472. The molecule has 1 aliphatic heterocycles. The molecule has 7 heteroatoms. The number of nitrogens with zero attached hydrogens (tertiary/aromatic N) is 2. The molecular weight excluding hydrogens is 368 g/mol. The Morgan fingerprint density at radius 1 is 0.966 bits per heavy atom. The highest BCUT2D eigenvalue weighted by molar-refractivity contribution is 5.89. The summed E-state index contributed by atoms with van der Waals surface area (Å²) in [7, 11) is 0. The van der Waals surface area contributed by atoms with E-state index in [2.05, 4.69) is 15.5 Å². The third-order valence-corrected chi connectivity index (χ3v) is 5.77. The summed E-state index contributed by atoms with van der Waals surface area (Å²) in [5.41, 5.74) is -0.240. The van der Waals surface area contributed by atoms with E-state index >= 15 is 0 Å². The molecule has 1 saturated heterocycles. The van der Waals surface area contributed by atoms with Crippen LogP contribution in [0.1, 0.15) is 66.7 Å². The maximum absolute atomic E-state index is 13.1. The number of nitrogens with one attached hydrogen (secondary N) is 2. The Labute approximate surface area is 175 Å². The summed E-state index contributed by atoms with van der Waals surface area (Å²) in [6.07, 6.45) is 5.26. The van der Waals surface area contributed by atoms with Crippen molar-refractivity contribution in [2.24, 2.45) is 11.8 Å². The number of hydrogen-bond acceptors (Lipinski definition) is 4. The second kappa shape index (κ2) is 10.4. The topological polar surface area (TPSA) is 81.8 Å². The van der Waals surface area contributed by atoms with E-state index in [1.807, 2.05) is 39.5 Å². The number of carbonyl (C=O) groups is 3. The minimum absolute atomic E-state index is 0.00273. The summed E-state index contributed by atoms with van der Waals surface area (Å²) < 4.78 is 0. The molecule has 0 aromatic rings. The molecule has 0 aromatic carbocycles. The Hall–Kier alpha value is -1.63. The summed E-state index contributed by atoms with van der Waals surface area (Å²) >= 11 is 0. The van der Waals surface area contributed by atoms with Crippen molar-refractivity contribution in [1.29, 1.82) is 0 Å². The van der Waals surface area contributed by atoms with Gasteiger partial charge in [-0.05, 0) is 39.5 Å². The van der Waals surface area contributed by atoms with Gasteiger partial charge in [-0.3, -0.25) is 19.3 Å². The van der Waals surface area contributed by atoms with Crippen LogP contribution in [0.4, 0.5) is 0 Å². The highest BCUT2D eigenvalue weighted by atomic mass is 16.2. The van der Waals surface area contributed by atoms with Crippen molar-refractivity contribution in [2.75, 3.05) is 32.7 Å². The van der Waals surface area contributed by atoms with E-state index in [0.29, 0.717) is 32.7 Å². The third kappa shape index (κ3) is 7.61. The van der Waals surface area contributed by atoms with E-state index in [-0.39, 0.29) is 35.1 Å². The van der Waals surface area contributed by atoms with Gasteiger partial charge in [0.15, 0.2) is 0 Å². The fourth-order valence-electron chi connectivity index (χ4n) is 4.13. The molecule has 1 saturated carbocycles. The molecule has 1 atom stereocenters. The van der Waals surface area contributed by atoms with Crippen LogP contribution in [0.3, 0.4) is 0 Å². The molecule has 7 nitrogen and oxygen atoms in total. The van der Waals surface area contributed by atoms with Gasteiger partial charge in [-0.1, -0.05) is 33.1 Å². The zero-order valence-electron chi connectivity index (χ0n) is 18.9. The van der Waals surface area contributed by atoms with Crippen LogP contribution in [0.15, 0.2) is 0 Å². The van der Waals surface area contributed by atoms with E-state index in [0.717, 1.165) is 25.7 Å². The molecule has 1 heterocycles. The normalized spacial score (nSPS) is 20.4. The van der Waals surface area contributed by atoms with E-state index < -0.39 is 6.04 Å². The smallest absolute Gasteiger partial charge is 0.245 e. The summed E-state index contributed by atoms with van der Waals surface area (Å²) in [4.78, 5) is 41.8. The van der Waals surface area contributed by atoms with Gasteiger partial charge in [0.25, 0.3) is 0 Å². The van der Waals surface area contributed by atoms with Gasteiger partial charge in [0.1, 0.15) is 6.04 Å². The quantitative estimate of drug-likeness (QED) is 0.702. The number of amides is 3. The maximum Gasteiger partial charge on any atom is 0.245 e. The SMILES string of the molecule is CC(C)C(NC(=O)C1CCCCC1)C(=O)N1CCN(CC(=O)NC(C)(C)C)CC1. The van der Waals surface area contributed by atoms with Crippen molar-refractivity contribution in [2.45, 2.75) is 78.3 Å². The molecule has 2 rings (SSSR count). The van der Waals surface area contributed by atoms with Crippen LogP contribution in [0.5, 0.6) is 0 Å². The number of hydrogen-bond donors (Lipinski definition) is 2. The highest BCUT2D eigenvalue weighted by Gasteiger charge is 2.33. The fraction of sp³-hybridized carbons (Fsp3) is 0.864. The van der Waals surface area contributed by atoms with Gasteiger partial charge in [-0.25, -0.2) is 0 Å². The first kappa shape index (κ1) is 23.6. The average Bonchev–Trinajstić information content (AvgIpc) is 2.65. The molecule has 0 aromatic heterocycles. The molecule has 2 aliphatic rings. The predicted octanol–water partition coefficient (Wildman–Crippen LogP) is 1.77. The third-order valence-electron chi connectivity index (χ3n) is 5.77. The van der Waals surface area contributed by atoms with Crippen LogP contribution in [-0.2, 0) is 14.4 Å². The van der Waals surface area contributed by atoms with E-state index in [9.17, 15) is 14.4 Å². The molecule has 2 N–H and O–H groups in total. The van der Waals surface area contributed by atoms with Crippen LogP contribution >= 0.6 is 0 Å². The van der Waals surface area contributed by atoms with Crippen molar-refractivity contribution in [1.82, 2.24) is 20.4 Å². The monoisotopic (exact) mass is 408 g/mol. The minimum atomic E-state index is -0.472. The summed E-state index contributed by atoms with van der Waals surface area (Å²) in [5.74, 6) is 0.149. The Kier molecular flexibility index (Phi) is 8.49. The zero-order chi connectivity index (χ0) is 21.6. The average molecular weight is 409 g/mol. The molecule has 29 heavy (non-hydrogen) atoms. The molecule has 166 valence electrons. The molecule has 2 fully saturated rings. The minimum Gasteiger partial charge on any atom is -0.350 e. The van der Waals surface area contributed by atoms with Gasteiger partial charge in [0.2, 0.25) is 17.7 Å². The van der Waals surface area contributed by atoms with Gasteiger partial charge in [-0.15, -0.1) is 0 Å². The first-order valence-electron chi connectivity index (χ1n) is 11.2. The van der Waals surface area contributed by atoms with Gasteiger partial charge < -0.3 is 15.5 Å². The molecule has 1 unspecified atom stereocenters. The Balaban J connectivity index is 1.85. The Bertz CT molecular complexity index is 571. The molecule has 0 bridgehead atoms. The fourth-order valence-corrected chi connectivity index (χ4v) is 4.13. The zero-order valence-corrected chi connectivity index (χ0v) is 18.9. The van der Waals surface area contributed by atoms with Crippen LogP contribution in [0.25, 0.3) is 0 Å². The van der Waals surface area contributed by atoms with Crippen molar-refractivity contribution in [3.05, 3.63) is 0 Å². The Morgan fingerprint density at radius 3 is 2.07 bits per heavy atom. The van der Waals surface area contributed by atoms with Gasteiger partial charge >= 0.3 is 0 Å². The lowest BCUT2D eigenvalue weighted by Crippen LogP contribution is -2.58. The van der Waals surface area contributed by atoms with E-state index in [4.69, 9.17) is 0 Å². The van der Waals surface area contributed by atoms with Crippen LogP contribution in [-0.4, -0.2) is 71.8 Å². The van der Waals surface area contributed by atoms with E-state index in [1.54, 1.807) is 0 Å². The van der Waals surface area contributed by atoms with Crippen molar-refractivity contribution >= 4 is 17.7 Å². The molecule has 1 aliphatic carbocycles. The van der Waals surface area contributed by atoms with E-state index in [1.165, 1.54) is 6.42 Å². The maximum atomic E-state index is 13.1. The van der Waals surface area contributed by atoms with Gasteiger partial charge in [0, 0.05) is 37.6 Å². The first-order chi connectivity index (χ1) is 13.6. The number of rotatable bonds is 6. The molecule has 0 radical (unpaired) electrons. The van der Waals surface area contributed by atoms with Gasteiger partial charge in [-0.2, -0.15) is 0 Å². The molecule has 0 spiro atoms. The van der Waals surface area contributed by atoms with Crippen LogP contribution < -0.4 is 10.6 Å². The molecular formula is C22H40N4O3. The standard InChI is InChI=1S/C22H40N4O3/c1-16(2)19(23-20(28)17-9-7-6-8-10-17)21(29)26-13-11-25(12-14-26)15-18(27)24-22(3,4)5/h16-17,19H,6-15H2,1-5H3,(H,23,28)(H,24,27). The first-order valence-corrected chi connectivity index (χ1v) is 11.2. The lowest BCUT2D eigenvalue weighted by Gasteiger charge is -2.37. The molecule has 3 amide bonds. The number of carbonyl (C=O) groups excluding carboxylic acids is 3. The summed E-state index contributed by atoms with van der Waals surface area (Å²) in [6.45, 7) is 12.7. The van der Waals surface area contributed by atoms with Crippen molar-refractivity contribution < 1.29 is 14.4 Å². The largest absolute Gasteiger partial charge is 0.350 e. The second-order valence-electron chi connectivity index (χ2n) is 9.96.